The number of rotatable bonds is 4. The second kappa shape index (κ2) is 12.1. The molecule has 2 saturated heterocycles. The standard InChI is InChI=1S/2C12H15NO3/c2*14-11-6-7-13(8-11)12(15)16-9-10-4-2-1-3-5-10/h2*1-5,11,14H,6-9H2/t2*11-/m10/s1. The molecule has 8 nitrogen and oxygen atoms in total. The first-order valence-corrected chi connectivity index (χ1v) is 10.8. The Kier molecular flexibility index (Phi) is 8.89. The fourth-order valence-corrected chi connectivity index (χ4v) is 3.44. The van der Waals surface area contributed by atoms with E-state index < -0.39 is 12.2 Å². The monoisotopic (exact) mass is 442 g/mol. The van der Waals surface area contributed by atoms with Gasteiger partial charge in [0.2, 0.25) is 0 Å². The Hall–Kier alpha value is -3.10. The summed E-state index contributed by atoms with van der Waals surface area (Å²) in [5.74, 6) is 0. The second-order valence-corrected chi connectivity index (χ2v) is 7.86. The van der Waals surface area contributed by atoms with E-state index in [1.54, 1.807) is 0 Å². The first kappa shape index (κ1) is 23.6. The van der Waals surface area contributed by atoms with Crippen molar-refractivity contribution in [3.8, 4) is 0 Å². The maximum Gasteiger partial charge on any atom is 0.410 e. The third kappa shape index (κ3) is 7.55. The number of nitrogens with zero attached hydrogens (tertiary/aromatic N) is 2. The van der Waals surface area contributed by atoms with Gasteiger partial charge in [-0.1, -0.05) is 60.7 Å². The van der Waals surface area contributed by atoms with E-state index in [0.29, 0.717) is 39.0 Å². The molecule has 4 rings (SSSR count). The summed E-state index contributed by atoms with van der Waals surface area (Å²) in [4.78, 5) is 26.2. The van der Waals surface area contributed by atoms with Gasteiger partial charge < -0.3 is 29.5 Å². The third-order valence-corrected chi connectivity index (χ3v) is 5.25. The van der Waals surface area contributed by atoms with Crippen LogP contribution in [0.3, 0.4) is 0 Å². The lowest BCUT2D eigenvalue weighted by Crippen LogP contribution is -2.30. The zero-order valence-corrected chi connectivity index (χ0v) is 18.0. The minimum absolute atomic E-state index is 0.284. The van der Waals surface area contributed by atoms with Gasteiger partial charge in [-0.15, -0.1) is 0 Å². The van der Waals surface area contributed by atoms with Crippen LogP contribution in [0.5, 0.6) is 0 Å². The van der Waals surface area contributed by atoms with Crippen LogP contribution >= 0.6 is 0 Å². The fraction of sp³-hybridized carbons (Fsp3) is 0.417. The highest BCUT2D eigenvalue weighted by atomic mass is 16.6. The van der Waals surface area contributed by atoms with Crippen LogP contribution in [0.15, 0.2) is 60.7 Å². The smallest absolute Gasteiger partial charge is 0.410 e. The summed E-state index contributed by atoms with van der Waals surface area (Å²) in [5, 5.41) is 18.6. The van der Waals surface area contributed by atoms with Crippen LogP contribution in [0.25, 0.3) is 0 Å². The molecule has 2 N–H and O–H groups in total. The Morgan fingerprint density at radius 3 is 1.41 bits per heavy atom. The van der Waals surface area contributed by atoms with Crippen molar-refractivity contribution >= 4 is 12.2 Å². The summed E-state index contributed by atoms with van der Waals surface area (Å²) in [5.41, 5.74) is 1.94. The molecule has 8 heteroatoms. The minimum atomic E-state index is -0.399. The molecule has 0 aliphatic carbocycles. The van der Waals surface area contributed by atoms with E-state index in [2.05, 4.69) is 0 Å². The predicted molar refractivity (Wildman–Crippen MR) is 118 cm³/mol. The van der Waals surface area contributed by atoms with Crippen molar-refractivity contribution in [2.24, 2.45) is 0 Å². The molecular weight excluding hydrogens is 412 g/mol. The van der Waals surface area contributed by atoms with Gasteiger partial charge in [0, 0.05) is 26.2 Å². The summed E-state index contributed by atoms with van der Waals surface area (Å²) in [6, 6.07) is 19.1. The number of ether oxygens (including phenoxy) is 2. The SMILES string of the molecule is O=C(OCc1ccccc1)N1CC[C@@H](O)C1.O=C(OCc1ccccc1)N1CC[C@H](O)C1. The van der Waals surface area contributed by atoms with Crippen LogP contribution in [-0.4, -0.2) is 70.6 Å². The number of amides is 2. The molecule has 0 unspecified atom stereocenters. The van der Waals surface area contributed by atoms with Crippen molar-refractivity contribution < 1.29 is 29.3 Å². The van der Waals surface area contributed by atoms with Crippen molar-refractivity contribution in [2.75, 3.05) is 26.2 Å². The van der Waals surface area contributed by atoms with Crippen molar-refractivity contribution in [1.29, 1.82) is 0 Å². The first-order chi connectivity index (χ1) is 15.5. The average Bonchev–Trinajstić information content (AvgIpc) is 3.46. The van der Waals surface area contributed by atoms with Gasteiger partial charge >= 0.3 is 12.2 Å². The summed E-state index contributed by atoms with van der Waals surface area (Å²) in [7, 11) is 0. The molecule has 2 amide bonds. The quantitative estimate of drug-likeness (QED) is 0.755. The second-order valence-electron chi connectivity index (χ2n) is 7.86. The Bertz CT molecular complexity index is 777. The molecule has 2 heterocycles. The van der Waals surface area contributed by atoms with E-state index >= 15 is 0 Å². The Labute approximate surface area is 188 Å². The predicted octanol–water partition coefficient (Wildman–Crippen LogP) is 2.78. The molecule has 2 atom stereocenters. The van der Waals surface area contributed by atoms with Crippen molar-refractivity contribution in [1.82, 2.24) is 9.80 Å². The molecule has 0 bridgehead atoms. The van der Waals surface area contributed by atoms with Crippen LogP contribution < -0.4 is 0 Å². The normalized spacial score (nSPS) is 19.8. The van der Waals surface area contributed by atoms with Gasteiger partial charge in [0.15, 0.2) is 0 Å². The first-order valence-electron chi connectivity index (χ1n) is 10.8. The number of hydrogen-bond acceptors (Lipinski definition) is 6. The number of β-amino-alcohol motifs (C(OH)–C–C–N with tert-alkyl or cyclic N) is 2. The number of aliphatic hydroxyl groups is 2. The Morgan fingerprint density at radius 2 is 1.09 bits per heavy atom. The molecule has 2 aromatic carbocycles. The lowest BCUT2D eigenvalue weighted by molar-refractivity contribution is 0.0968. The van der Waals surface area contributed by atoms with Gasteiger partial charge in [-0.25, -0.2) is 9.59 Å². The maximum absolute atomic E-state index is 11.6. The van der Waals surface area contributed by atoms with Gasteiger partial charge in [0.25, 0.3) is 0 Å². The Morgan fingerprint density at radius 1 is 0.719 bits per heavy atom. The molecular formula is C24H30N2O6. The van der Waals surface area contributed by atoms with E-state index in [-0.39, 0.29) is 25.4 Å². The molecule has 0 aromatic heterocycles. The molecule has 0 radical (unpaired) electrons. The molecule has 2 fully saturated rings. The number of likely N-dealkylation sites (tertiary alicyclic amines) is 2. The van der Waals surface area contributed by atoms with E-state index in [4.69, 9.17) is 9.47 Å². The third-order valence-electron chi connectivity index (χ3n) is 5.25. The molecule has 0 saturated carbocycles. The minimum Gasteiger partial charge on any atom is -0.445 e. The average molecular weight is 443 g/mol. The van der Waals surface area contributed by atoms with Gasteiger partial charge in [0.05, 0.1) is 12.2 Å². The van der Waals surface area contributed by atoms with Gasteiger partial charge in [-0.2, -0.15) is 0 Å². The van der Waals surface area contributed by atoms with Crippen LogP contribution in [0, 0.1) is 0 Å². The highest BCUT2D eigenvalue weighted by Gasteiger charge is 2.26. The van der Waals surface area contributed by atoms with Crippen molar-refractivity contribution in [2.45, 2.75) is 38.3 Å². The lowest BCUT2D eigenvalue weighted by atomic mass is 10.2. The molecule has 2 aliphatic rings. The molecule has 2 aromatic rings. The van der Waals surface area contributed by atoms with Gasteiger partial charge in [0.1, 0.15) is 13.2 Å². The number of carbonyl (C=O) groups is 2. The molecule has 2 aliphatic heterocycles. The number of benzene rings is 2. The van der Waals surface area contributed by atoms with E-state index in [9.17, 15) is 19.8 Å². The number of carbonyl (C=O) groups excluding carboxylic acids is 2. The van der Waals surface area contributed by atoms with E-state index in [1.165, 1.54) is 9.80 Å². The Balaban J connectivity index is 0.000000181. The summed E-state index contributed by atoms with van der Waals surface area (Å²) < 4.78 is 10.3. The zero-order valence-electron chi connectivity index (χ0n) is 18.0. The highest BCUT2D eigenvalue weighted by molar-refractivity contribution is 5.68. The fourth-order valence-electron chi connectivity index (χ4n) is 3.44. The van der Waals surface area contributed by atoms with Crippen LogP contribution in [0.1, 0.15) is 24.0 Å². The highest BCUT2D eigenvalue weighted by Crippen LogP contribution is 2.12. The van der Waals surface area contributed by atoms with E-state index in [1.807, 2.05) is 60.7 Å². The van der Waals surface area contributed by atoms with Crippen molar-refractivity contribution in [3.63, 3.8) is 0 Å². The topological polar surface area (TPSA) is 99.5 Å². The summed E-state index contributed by atoms with van der Waals surface area (Å²) >= 11 is 0. The summed E-state index contributed by atoms with van der Waals surface area (Å²) in [6.07, 6.45) is -0.213. The maximum atomic E-state index is 11.6. The largest absolute Gasteiger partial charge is 0.445 e. The number of hydrogen-bond donors (Lipinski definition) is 2. The van der Waals surface area contributed by atoms with E-state index in [0.717, 1.165) is 11.1 Å². The van der Waals surface area contributed by atoms with Crippen molar-refractivity contribution in [3.05, 3.63) is 71.8 Å². The zero-order chi connectivity index (χ0) is 22.8. The van der Waals surface area contributed by atoms with Crippen LogP contribution in [0.2, 0.25) is 0 Å². The molecule has 32 heavy (non-hydrogen) atoms. The van der Waals surface area contributed by atoms with Gasteiger partial charge in [-0.3, -0.25) is 0 Å². The molecule has 0 spiro atoms. The molecule has 172 valence electrons. The van der Waals surface area contributed by atoms with Gasteiger partial charge in [-0.05, 0) is 24.0 Å². The lowest BCUT2D eigenvalue weighted by Gasteiger charge is -2.15. The van der Waals surface area contributed by atoms with Crippen LogP contribution in [0.4, 0.5) is 9.59 Å². The number of aliphatic hydroxyl groups excluding tert-OH is 2. The van der Waals surface area contributed by atoms with Crippen LogP contribution in [-0.2, 0) is 22.7 Å². The summed E-state index contributed by atoms with van der Waals surface area (Å²) in [6.45, 7) is 2.49.